The molecule has 10 heteroatoms. The Balaban J connectivity index is 1.26. The SMILES string of the molecule is Cc1nc2c(F)cc(-c3c[nH]c4nc(NCC5CCC(F)(F)CC5)ncc34)cc2n1C1CCN(C)CC1. The van der Waals surface area contributed by atoms with Crippen molar-refractivity contribution in [2.75, 3.05) is 32.0 Å². The summed E-state index contributed by atoms with van der Waals surface area (Å²) in [5.74, 6) is -1.39. The summed E-state index contributed by atoms with van der Waals surface area (Å²) >= 11 is 0. The number of fused-ring (bicyclic) bond motifs is 2. The topological polar surface area (TPSA) is 74.7 Å². The Hall–Kier alpha value is -3.14. The molecular formula is C27H32F3N7. The molecule has 0 amide bonds. The molecule has 0 bridgehead atoms. The molecule has 1 aromatic carbocycles. The summed E-state index contributed by atoms with van der Waals surface area (Å²) in [4.78, 5) is 19.1. The maximum atomic E-state index is 15.3. The van der Waals surface area contributed by atoms with Crippen molar-refractivity contribution in [3.05, 3.63) is 36.2 Å². The quantitative estimate of drug-likeness (QED) is 0.348. The van der Waals surface area contributed by atoms with E-state index in [1.165, 1.54) is 6.07 Å². The molecule has 1 saturated heterocycles. The molecular weight excluding hydrogens is 479 g/mol. The summed E-state index contributed by atoms with van der Waals surface area (Å²) in [6.45, 7) is 4.53. The van der Waals surface area contributed by atoms with Crippen LogP contribution >= 0.6 is 0 Å². The van der Waals surface area contributed by atoms with Crippen molar-refractivity contribution in [2.24, 2.45) is 5.92 Å². The third-order valence-corrected chi connectivity index (χ3v) is 8.11. The van der Waals surface area contributed by atoms with E-state index in [9.17, 15) is 8.78 Å². The lowest BCUT2D eigenvalue weighted by molar-refractivity contribution is -0.0443. The predicted octanol–water partition coefficient (Wildman–Crippen LogP) is 5.93. The van der Waals surface area contributed by atoms with E-state index in [4.69, 9.17) is 0 Å². The van der Waals surface area contributed by atoms with Crippen molar-refractivity contribution in [1.29, 1.82) is 0 Å². The summed E-state index contributed by atoms with van der Waals surface area (Å²) in [5.41, 5.74) is 3.43. The van der Waals surface area contributed by atoms with Crippen molar-refractivity contribution < 1.29 is 13.2 Å². The highest BCUT2D eigenvalue weighted by molar-refractivity contribution is 5.96. The van der Waals surface area contributed by atoms with E-state index in [1.807, 2.05) is 19.2 Å². The number of alkyl halides is 2. The smallest absolute Gasteiger partial charge is 0.248 e. The largest absolute Gasteiger partial charge is 0.354 e. The van der Waals surface area contributed by atoms with Gasteiger partial charge in [-0.3, -0.25) is 0 Å². The van der Waals surface area contributed by atoms with Gasteiger partial charge in [0.1, 0.15) is 17.0 Å². The molecule has 4 heterocycles. The van der Waals surface area contributed by atoms with E-state index < -0.39 is 5.92 Å². The number of aromatic amines is 1. The van der Waals surface area contributed by atoms with Crippen LogP contribution in [-0.2, 0) is 0 Å². The van der Waals surface area contributed by atoms with Crippen molar-refractivity contribution in [3.63, 3.8) is 0 Å². The predicted molar refractivity (Wildman–Crippen MR) is 138 cm³/mol. The molecule has 6 rings (SSSR count). The van der Waals surface area contributed by atoms with E-state index in [1.54, 1.807) is 6.20 Å². The zero-order valence-corrected chi connectivity index (χ0v) is 21.2. The Morgan fingerprint density at radius 3 is 2.62 bits per heavy atom. The van der Waals surface area contributed by atoms with Crippen LogP contribution < -0.4 is 5.32 Å². The average molecular weight is 512 g/mol. The van der Waals surface area contributed by atoms with Crippen LogP contribution in [0, 0.1) is 18.7 Å². The van der Waals surface area contributed by atoms with Gasteiger partial charge in [-0.25, -0.2) is 23.1 Å². The summed E-state index contributed by atoms with van der Waals surface area (Å²) in [7, 11) is 2.13. The first-order chi connectivity index (χ1) is 17.8. The number of H-pyrrole nitrogens is 1. The fourth-order valence-corrected chi connectivity index (χ4v) is 5.91. The molecule has 0 radical (unpaired) electrons. The standard InChI is InChI=1S/C27H32F3N7/c1-16-34-24-22(28)11-18(12-23(24)37(16)19-5-9-36(2)10-6-19)20-14-31-25-21(20)15-33-26(35-25)32-13-17-3-7-27(29,30)8-4-17/h11-12,14-15,17,19H,3-10,13H2,1-2H3,(H2,31,32,33,35). The molecule has 0 spiro atoms. The van der Waals surface area contributed by atoms with E-state index >= 15 is 4.39 Å². The van der Waals surface area contributed by atoms with Crippen LogP contribution in [0.2, 0.25) is 0 Å². The van der Waals surface area contributed by atoms with E-state index in [0.29, 0.717) is 42.5 Å². The number of hydrogen-bond acceptors (Lipinski definition) is 5. The van der Waals surface area contributed by atoms with E-state index in [-0.39, 0.29) is 24.6 Å². The molecule has 37 heavy (non-hydrogen) atoms. The van der Waals surface area contributed by atoms with Crippen LogP contribution in [0.25, 0.3) is 33.2 Å². The summed E-state index contributed by atoms with van der Waals surface area (Å²) in [5, 5.41) is 4.00. The van der Waals surface area contributed by atoms with Crippen LogP contribution in [0.1, 0.15) is 50.4 Å². The van der Waals surface area contributed by atoms with Gasteiger partial charge in [0, 0.05) is 48.8 Å². The maximum Gasteiger partial charge on any atom is 0.248 e. The minimum atomic E-state index is -2.53. The van der Waals surface area contributed by atoms with Crippen LogP contribution in [0.15, 0.2) is 24.5 Å². The summed E-state index contributed by atoms with van der Waals surface area (Å²) in [6, 6.07) is 3.84. The molecule has 7 nitrogen and oxygen atoms in total. The van der Waals surface area contributed by atoms with Crippen LogP contribution in [-0.4, -0.2) is 62.0 Å². The number of hydrogen-bond donors (Lipinski definition) is 2. The Bertz CT molecular complexity index is 1430. The molecule has 196 valence electrons. The van der Waals surface area contributed by atoms with Gasteiger partial charge in [-0.1, -0.05) is 0 Å². The first-order valence-electron chi connectivity index (χ1n) is 13.1. The van der Waals surface area contributed by atoms with Gasteiger partial charge in [0.2, 0.25) is 11.9 Å². The number of aromatic nitrogens is 5. The zero-order chi connectivity index (χ0) is 25.7. The highest BCUT2D eigenvalue weighted by atomic mass is 19.3. The number of halogens is 3. The van der Waals surface area contributed by atoms with Crippen molar-refractivity contribution in [1.82, 2.24) is 29.4 Å². The summed E-state index contributed by atoms with van der Waals surface area (Å²) < 4.78 is 44.3. The monoisotopic (exact) mass is 511 g/mol. The van der Waals surface area contributed by atoms with Crippen LogP contribution in [0.3, 0.4) is 0 Å². The first kappa shape index (κ1) is 24.2. The third-order valence-electron chi connectivity index (χ3n) is 8.11. The molecule has 3 aromatic heterocycles. The number of aryl methyl sites for hydroxylation is 1. The molecule has 0 atom stereocenters. The molecule has 2 N–H and O–H groups in total. The lowest BCUT2D eigenvalue weighted by Gasteiger charge is -2.30. The van der Waals surface area contributed by atoms with Crippen molar-refractivity contribution in [3.8, 4) is 11.1 Å². The Morgan fingerprint density at radius 1 is 1.11 bits per heavy atom. The second-order valence-electron chi connectivity index (χ2n) is 10.7. The van der Waals surface area contributed by atoms with Gasteiger partial charge in [0.05, 0.1) is 5.52 Å². The minimum Gasteiger partial charge on any atom is -0.354 e. The normalized spacial score (nSPS) is 19.7. The molecule has 0 unspecified atom stereocenters. The minimum absolute atomic E-state index is 0.0592. The Morgan fingerprint density at radius 2 is 1.86 bits per heavy atom. The van der Waals surface area contributed by atoms with Gasteiger partial charge in [-0.05, 0) is 76.4 Å². The third kappa shape index (κ3) is 4.67. The zero-order valence-electron chi connectivity index (χ0n) is 21.2. The van der Waals surface area contributed by atoms with Gasteiger partial charge in [0.25, 0.3) is 0 Å². The number of piperidine rings is 1. The van der Waals surface area contributed by atoms with Gasteiger partial charge in [-0.15, -0.1) is 0 Å². The van der Waals surface area contributed by atoms with Gasteiger partial charge in [0.15, 0.2) is 5.82 Å². The number of nitrogens with one attached hydrogen (secondary N) is 2. The second kappa shape index (κ2) is 9.31. The molecule has 1 aliphatic heterocycles. The molecule has 4 aromatic rings. The van der Waals surface area contributed by atoms with Crippen molar-refractivity contribution >= 4 is 28.0 Å². The Labute approximate surface area is 213 Å². The number of likely N-dealkylation sites (tertiary alicyclic amines) is 1. The van der Waals surface area contributed by atoms with Gasteiger partial charge >= 0.3 is 0 Å². The van der Waals surface area contributed by atoms with Crippen molar-refractivity contribution in [2.45, 2.75) is 57.4 Å². The molecule has 1 saturated carbocycles. The maximum absolute atomic E-state index is 15.3. The molecule has 1 aliphatic carbocycles. The van der Waals surface area contributed by atoms with Crippen LogP contribution in [0.4, 0.5) is 19.1 Å². The number of nitrogens with zero attached hydrogens (tertiary/aromatic N) is 5. The lowest BCUT2D eigenvalue weighted by atomic mass is 9.87. The average Bonchev–Trinajstić information content (AvgIpc) is 3.44. The number of rotatable bonds is 5. The lowest BCUT2D eigenvalue weighted by Crippen LogP contribution is -2.31. The van der Waals surface area contributed by atoms with Crippen LogP contribution in [0.5, 0.6) is 0 Å². The fourth-order valence-electron chi connectivity index (χ4n) is 5.91. The number of imidazole rings is 1. The first-order valence-corrected chi connectivity index (χ1v) is 13.1. The Kier molecular flexibility index (Phi) is 6.09. The van der Waals surface area contributed by atoms with Gasteiger partial charge < -0.3 is 19.8 Å². The summed E-state index contributed by atoms with van der Waals surface area (Å²) in [6.07, 6.45) is 6.45. The number of benzene rings is 1. The van der Waals surface area contributed by atoms with E-state index in [2.05, 4.69) is 41.8 Å². The highest BCUT2D eigenvalue weighted by Gasteiger charge is 2.34. The molecule has 2 aliphatic rings. The second-order valence-corrected chi connectivity index (χ2v) is 10.7. The van der Waals surface area contributed by atoms with Gasteiger partial charge in [-0.2, -0.15) is 4.98 Å². The van der Waals surface area contributed by atoms with E-state index in [0.717, 1.165) is 53.8 Å². The molecule has 2 fully saturated rings. The number of anilines is 1. The fraction of sp³-hybridized carbons (Fsp3) is 0.519. The highest BCUT2D eigenvalue weighted by Crippen LogP contribution is 2.37.